The topological polar surface area (TPSA) is 93.8 Å². The van der Waals surface area contributed by atoms with Gasteiger partial charge in [0.15, 0.2) is 17.2 Å². The van der Waals surface area contributed by atoms with Gasteiger partial charge in [-0.3, -0.25) is 0 Å². The minimum Gasteiger partial charge on any atom is -0.513 e. The van der Waals surface area contributed by atoms with Gasteiger partial charge in [-0.05, 0) is 49.7 Å². The predicted octanol–water partition coefficient (Wildman–Crippen LogP) is 6.08. The molecular weight excluding hydrogens is 464 g/mol. The number of aliphatic hydroxyl groups excluding tert-OH is 1. The van der Waals surface area contributed by atoms with Crippen molar-refractivity contribution in [2.24, 2.45) is 5.92 Å². The van der Waals surface area contributed by atoms with Crippen molar-refractivity contribution in [1.82, 2.24) is 9.55 Å². The molecule has 178 valence electrons. The number of carboxylic acid groups (broad SMARTS) is 1. The van der Waals surface area contributed by atoms with E-state index in [0.717, 1.165) is 43.5 Å². The molecule has 2 N–H and O–H groups in total. The van der Waals surface area contributed by atoms with Crippen LogP contribution in [0.25, 0.3) is 0 Å². The second-order valence-electron chi connectivity index (χ2n) is 8.65. The summed E-state index contributed by atoms with van der Waals surface area (Å²) >= 11 is 8.05. The highest BCUT2D eigenvalue weighted by Gasteiger charge is 2.29. The first-order valence-corrected chi connectivity index (χ1v) is 12.6. The lowest BCUT2D eigenvalue weighted by atomic mass is 9.86. The number of carboxylic acids is 1. The molecule has 1 aliphatic heterocycles. The largest absolute Gasteiger partial charge is 0.513 e. The molecule has 1 aliphatic carbocycles. The SMILES string of the molecule is C=C(O)CC1CCC(Sc2nc(CCC)n(Cc3cc4c(cc3Cl)OCO4)c2C(=O)O)CC1. The van der Waals surface area contributed by atoms with Crippen LogP contribution >= 0.6 is 23.4 Å². The summed E-state index contributed by atoms with van der Waals surface area (Å²) in [5, 5.41) is 21.0. The standard InChI is InChI=1S/C24H29ClN2O5S/c1-3-4-21-26-23(33-17-7-5-15(6-8-17)9-14(2)28)22(24(29)30)27(21)12-16-10-19-20(11-18(16)25)32-13-31-19/h10-11,15,17,28H,2-9,12-13H2,1H3,(H,29,30). The molecule has 2 aliphatic rings. The number of imidazole rings is 1. The van der Waals surface area contributed by atoms with Crippen molar-refractivity contribution in [3.05, 3.63) is 46.6 Å². The number of thioether (sulfide) groups is 1. The highest BCUT2D eigenvalue weighted by Crippen LogP contribution is 2.40. The number of allylic oxidation sites excluding steroid dienone is 1. The average molecular weight is 493 g/mol. The minimum atomic E-state index is -0.991. The highest BCUT2D eigenvalue weighted by molar-refractivity contribution is 7.99. The van der Waals surface area contributed by atoms with Crippen molar-refractivity contribution in [2.75, 3.05) is 6.79 Å². The van der Waals surface area contributed by atoms with Gasteiger partial charge in [0.25, 0.3) is 0 Å². The number of aliphatic hydroxyl groups is 1. The van der Waals surface area contributed by atoms with Gasteiger partial charge in [-0.25, -0.2) is 9.78 Å². The Bertz CT molecular complexity index is 1050. The summed E-state index contributed by atoms with van der Waals surface area (Å²) in [4.78, 5) is 17.1. The Morgan fingerprint density at radius 1 is 1.24 bits per heavy atom. The van der Waals surface area contributed by atoms with Crippen molar-refractivity contribution in [3.63, 3.8) is 0 Å². The van der Waals surface area contributed by atoms with Gasteiger partial charge in [0.2, 0.25) is 6.79 Å². The summed E-state index contributed by atoms with van der Waals surface area (Å²) in [5.41, 5.74) is 0.975. The first kappa shape index (κ1) is 23.8. The van der Waals surface area contributed by atoms with Gasteiger partial charge in [0.1, 0.15) is 10.9 Å². The zero-order valence-corrected chi connectivity index (χ0v) is 20.3. The van der Waals surface area contributed by atoms with Crippen LogP contribution in [0.2, 0.25) is 5.02 Å². The molecule has 2 heterocycles. The van der Waals surface area contributed by atoms with E-state index >= 15 is 0 Å². The summed E-state index contributed by atoms with van der Waals surface area (Å²) in [7, 11) is 0. The maximum absolute atomic E-state index is 12.3. The van der Waals surface area contributed by atoms with Crippen LogP contribution < -0.4 is 9.47 Å². The number of aryl methyl sites for hydroxylation is 1. The number of halogens is 1. The van der Waals surface area contributed by atoms with Crippen molar-refractivity contribution in [1.29, 1.82) is 0 Å². The number of hydrogen-bond donors (Lipinski definition) is 2. The Morgan fingerprint density at radius 3 is 2.58 bits per heavy atom. The Kier molecular flexibility index (Phi) is 7.44. The van der Waals surface area contributed by atoms with Crippen LogP contribution in [0.15, 0.2) is 29.5 Å². The van der Waals surface area contributed by atoms with E-state index in [9.17, 15) is 15.0 Å². The second-order valence-corrected chi connectivity index (χ2v) is 10.3. The molecule has 0 unspecified atom stereocenters. The fourth-order valence-corrected chi connectivity index (χ4v) is 6.05. The first-order valence-electron chi connectivity index (χ1n) is 11.3. The van der Waals surface area contributed by atoms with Crippen molar-refractivity contribution in [3.8, 4) is 11.5 Å². The number of fused-ring (bicyclic) bond motifs is 1. The molecule has 33 heavy (non-hydrogen) atoms. The molecule has 0 spiro atoms. The first-order chi connectivity index (χ1) is 15.9. The van der Waals surface area contributed by atoms with Gasteiger partial charge in [-0.15, -0.1) is 11.8 Å². The Morgan fingerprint density at radius 2 is 1.94 bits per heavy atom. The highest BCUT2D eigenvalue weighted by atomic mass is 35.5. The third-order valence-electron chi connectivity index (χ3n) is 6.16. The number of hydrogen-bond acceptors (Lipinski definition) is 6. The maximum Gasteiger partial charge on any atom is 0.355 e. The maximum atomic E-state index is 12.3. The zero-order chi connectivity index (χ0) is 23.5. The lowest BCUT2D eigenvalue weighted by Gasteiger charge is -2.27. The number of ether oxygens (including phenoxy) is 2. The van der Waals surface area contributed by atoms with E-state index in [0.29, 0.717) is 52.1 Å². The third kappa shape index (κ3) is 5.44. The van der Waals surface area contributed by atoms with Gasteiger partial charge < -0.3 is 24.3 Å². The van der Waals surface area contributed by atoms with Gasteiger partial charge >= 0.3 is 5.97 Å². The summed E-state index contributed by atoms with van der Waals surface area (Å²) < 4.78 is 12.6. The number of benzene rings is 1. The molecule has 1 aromatic heterocycles. The zero-order valence-electron chi connectivity index (χ0n) is 18.7. The van der Waals surface area contributed by atoms with Crippen LogP contribution in [0.3, 0.4) is 0 Å². The van der Waals surface area contributed by atoms with E-state index in [4.69, 9.17) is 26.1 Å². The minimum absolute atomic E-state index is 0.150. The van der Waals surface area contributed by atoms with Crippen molar-refractivity contribution < 1.29 is 24.5 Å². The van der Waals surface area contributed by atoms with Gasteiger partial charge in [0.05, 0.1) is 12.3 Å². The number of carbonyl (C=O) groups is 1. The van der Waals surface area contributed by atoms with E-state index in [-0.39, 0.29) is 18.2 Å². The van der Waals surface area contributed by atoms with Crippen LogP contribution in [-0.2, 0) is 13.0 Å². The lowest BCUT2D eigenvalue weighted by Crippen LogP contribution is -2.17. The number of rotatable bonds is 9. The smallest absolute Gasteiger partial charge is 0.355 e. The summed E-state index contributed by atoms with van der Waals surface area (Å²) in [6.45, 7) is 6.10. The summed E-state index contributed by atoms with van der Waals surface area (Å²) in [6.07, 6.45) is 6.09. The quantitative estimate of drug-likeness (QED) is 0.410. The van der Waals surface area contributed by atoms with Crippen molar-refractivity contribution in [2.45, 2.75) is 68.7 Å². The molecule has 7 nitrogen and oxygen atoms in total. The van der Waals surface area contributed by atoms with Crippen LogP contribution in [0, 0.1) is 5.92 Å². The molecule has 1 fully saturated rings. The number of aromatic nitrogens is 2. The molecule has 0 amide bonds. The molecule has 1 aromatic carbocycles. The number of aromatic carboxylic acids is 1. The molecule has 0 saturated heterocycles. The third-order valence-corrected chi connectivity index (χ3v) is 7.82. The molecule has 2 aromatic rings. The van der Waals surface area contributed by atoms with Crippen molar-refractivity contribution >= 4 is 29.3 Å². The number of nitrogens with zero attached hydrogens (tertiary/aromatic N) is 2. The molecule has 0 radical (unpaired) electrons. The lowest BCUT2D eigenvalue weighted by molar-refractivity contribution is 0.0681. The van der Waals surface area contributed by atoms with Crippen LogP contribution in [0.4, 0.5) is 0 Å². The molecule has 0 bridgehead atoms. The van der Waals surface area contributed by atoms with Crippen LogP contribution in [-0.4, -0.2) is 37.8 Å². The van der Waals surface area contributed by atoms with E-state index in [1.54, 1.807) is 22.4 Å². The summed E-state index contributed by atoms with van der Waals surface area (Å²) in [6, 6.07) is 3.53. The molecule has 4 rings (SSSR count). The average Bonchev–Trinajstić information content (AvgIpc) is 3.34. The fraction of sp³-hybridized carbons (Fsp3) is 0.500. The predicted molar refractivity (Wildman–Crippen MR) is 128 cm³/mol. The molecular formula is C24H29ClN2O5S. The molecule has 1 saturated carbocycles. The fourth-order valence-electron chi connectivity index (χ4n) is 4.54. The molecule has 9 heteroatoms. The van der Waals surface area contributed by atoms with E-state index in [1.165, 1.54) is 0 Å². The monoisotopic (exact) mass is 492 g/mol. The van der Waals surface area contributed by atoms with E-state index in [1.807, 2.05) is 6.07 Å². The normalized spacial score (nSPS) is 19.6. The van der Waals surface area contributed by atoms with Crippen LogP contribution in [0.1, 0.15) is 67.3 Å². The van der Waals surface area contributed by atoms with Gasteiger partial charge in [-0.1, -0.05) is 25.1 Å². The Balaban J connectivity index is 1.59. The van der Waals surface area contributed by atoms with Gasteiger partial charge in [0, 0.05) is 29.2 Å². The Hall–Kier alpha value is -2.32. The van der Waals surface area contributed by atoms with Gasteiger partial charge in [-0.2, -0.15) is 0 Å². The summed E-state index contributed by atoms with van der Waals surface area (Å²) in [5.74, 6) is 1.65. The second kappa shape index (κ2) is 10.3. The van der Waals surface area contributed by atoms with E-state index < -0.39 is 5.97 Å². The Labute approximate surface area is 202 Å². The van der Waals surface area contributed by atoms with Crippen LogP contribution in [0.5, 0.6) is 11.5 Å². The molecule has 0 atom stereocenters. The van der Waals surface area contributed by atoms with E-state index in [2.05, 4.69) is 13.5 Å².